The number of hydrogen-bond donors (Lipinski definition) is 6. The van der Waals surface area contributed by atoms with Gasteiger partial charge in [-0.3, -0.25) is 4.39 Å². The van der Waals surface area contributed by atoms with E-state index >= 15 is 0 Å². The fraction of sp³-hybridized carbons (Fsp3) is 0.500. The van der Waals surface area contributed by atoms with Crippen LogP contribution in [0.3, 0.4) is 0 Å². The van der Waals surface area contributed by atoms with E-state index in [1.807, 2.05) is 6.92 Å². The van der Waals surface area contributed by atoms with E-state index in [1.165, 1.54) is 6.92 Å². The Kier molecular flexibility index (Phi) is 6.67. The molecule has 1 aromatic heterocycles. The Bertz CT molecular complexity index is 1020. The van der Waals surface area contributed by atoms with Crippen LogP contribution >= 0.6 is 0 Å². The van der Waals surface area contributed by atoms with Gasteiger partial charge in [-0.1, -0.05) is 36.8 Å². The van der Waals surface area contributed by atoms with E-state index < -0.39 is 61.1 Å². The summed E-state index contributed by atoms with van der Waals surface area (Å²) in [5, 5.41) is 54.0. The maximum atomic E-state index is 13.3. The molecule has 0 bridgehead atoms. The van der Waals surface area contributed by atoms with Gasteiger partial charge in [0.2, 0.25) is 5.72 Å². The van der Waals surface area contributed by atoms with Crippen molar-refractivity contribution in [2.24, 2.45) is 0 Å². The number of aromatic nitrogens is 2. The molecule has 176 valence electrons. The summed E-state index contributed by atoms with van der Waals surface area (Å²) in [6.07, 6.45) is -2.69. The van der Waals surface area contributed by atoms with Crippen LogP contribution < -0.4 is 11.4 Å². The fourth-order valence-corrected chi connectivity index (χ4v) is 3.71. The third kappa shape index (κ3) is 3.69. The van der Waals surface area contributed by atoms with Gasteiger partial charge in [-0.25, -0.2) is 14.3 Å². The smallest absolute Gasteiger partial charge is 0.353 e. The Hall–Kier alpha value is -2.45. The number of rotatable bonds is 7. The van der Waals surface area contributed by atoms with Crippen molar-refractivity contribution < 1.29 is 34.8 Å². The van der Waals surface area contributed by atoms with Gasteiger partial charge in [0.05, 0.1) is 19.8 Å². The summed E-state index contributed by atoms with van der Waals surface area (Å²) >= 11 is 0. The monoisotopic (exact) mass is 454 g/mol. The van der Waals surface area contributed by atoms with Gasteiger partial charge >= 0.3 is 11.6 Å². The maximum Gasteiger partial charge on any atom is 0.353 e. The molecule has 1 aliphatic rings. The highest BCUT2D eigenvalue weighted by Crippen LogP contribution is 2.45. The molecular formula is C20H27FN4O7. The highest BCUT2D eigenvalue weighted by molar-refractivity contribution is 5.42. The molecule has 32 heavy (non-hydrogen) atoms. The number of halogens is 1. The summed E-state index contributed by atoms with van der Waals surface area (Å²) in [6.45, 7) is 1.14. The first-order valence-electron chi connectivity index (χ1n) is 9.88. The van der Waals surface area contributed by atoms with E-state index in [9.17, 15) is 34.8 Å². The number of benzene rings is 1. The zero-order valence-corrected chi connectivity index (χ0v) is 17.6. The summed E-state index contributed by atoms with van der Waals surface area (Å²) < 4.78 is 18.9. The number of aryl methyl sites for hydroxylation is 1. The van der Waals surface area contributed by atoms with Crippen molar-refractivity contribution in [3.05, 3.63) is 57.6 Å². The zero-order chi connectivity index (χ0) is 23.8. The second-order valence-electron chi connectivity index (χ2n) is 7.93. The molecule has 5 atom stereocenters. The Balaban J connectivity index is 2.16. The van der Waals surface area contributed by atoms with E-state index in [0.29, 0.717) is 10.1 Å². The largest absolute Gasteiger partial charge is 0.394 e. The van der Waals surface area contributed by atoms with Crippen LogP contribution in [0, 0.1) is 6.92 Å². The van der Waals surface area contributed by atoms with E-state index in [4.69, 9.17) is 10.5 Å². The topological polar surface area (TPSA) is 175 Å². The molecule has 0 amide bonds. The molecule has 1 saturated heterocycles. The lowest BCUT2D eigenvalue weighted by molar-refractivity contribution is -0.413. The normalized spacial score (nSPS) is 28.9. The van der Waals surface area contributed by atoms with E-state index in [2.05, 4.69) is 4.98 Å². The van der Waals surface area contributed by atoms with Crippen molar-refractivity contribution in [2.45, 2.75) is 50.2 Å². The number of hydrogen-bond acceptors (Lipinski definition) is 10. The van der Waals surface area contributed by atoms with Crippen molar-refractivity contribution in [3.63, 3.8) is 0 Å². The van der Waals surface area contributed by atoms with Gasteiger partial charge in [0.25, 0.3) is 0 Å². The molecule has 1 aromatic carbocycles. The van der Waals surface area contributed by atoms with Gasteiger partial charge in [0, 0.05) is 17.7 Å². The summed E-state index contributed by atoms with van der Waals surface area (Å²) in [4.78, 5) is 16.1. The van der Waals surface area contributed by atoms with Crippen molar-refractivity contribution >= 4 is 5.82 Å². The summed E-state index contributed by atoms with van der Waals surface area (Å²) in [5.41, 5.74) is 3.16. The number of hydroxylamine groups is 2. The predicted octanol–water partition coefficient (Wildman–Crippen LogP) is -0.858. The molecule has 0 aliphatic carbocycles. The van der Waals surface area contributed by atoms with E-state index in [1.54, 1.807) is 24.3 Å². The molecule has 1 fully saturated rings. The Morgan fingerprint density at radius 2 is 1.97 bits per heavy atom. The van der Waals surface area contributed by atoms with Crippen LogP contribution in [-0.4, -0.2) is 71.5 Å². The molecule has 3 rings (SSSR count). The second kappa shape index (κ2) is 8.83. The first kappa shape index (κ1) is 24.2. The standard InChI is InChI=1S/C20H27FN4O7/c1-11-3-5-13(6-4-11)9-24(31)19(29)16(27)15(10-26)32-20(19,30)25-17(22)14(12(2)7-21)8-23-18(25)28/h3-6,8,12,15-16,26-27,29-31H,7,9-10,22H2,1-2H3/t12?,15-,16-,19-,20+/m1/s1. The Morgan fingerprint density at radius 1 is 1.34 bits per heavy atom. The minimum Gasteiger partial charge on any atom is -0.394 e. The Morgan fingerprint density at radius 3 is 2.53 bits per heavy atom. The first-order chi connectivity index (χ1) is 15.0. The summed E-state index contributed by atoms with van der Waals surface area (Å²) in [5.74, 6) is -4.52. The van der Waals surface area contributed by atoms with Crippen LogP contribution in [-0.2, 0) is 17.2 Å². The molecule has 12 heteroatoms. The van der Waals surface area contributed by atoms with Gasteiger partial charge in [0.1, 0.15) is 18.0 Å². The van der Waals surface area contributed by atoms with Crippen LogP contribution in [0.1, 0.15) is 29.5 Å². The number of aliphatic hydroxyl groups excluding tert-OH is 2. The first-order valence-corrected chi connectivity index (χ1v) is 9.88. The average molecular weight is 454 g/mol. The van der Waals surface area contributed by atoms with Crippen molar-refractivity contribution in [3.8, 4) is 0 Å². The van der Waals surface area contributed by atoms with Gasteiger partial charge in [-0.15, -0.1) is 5.06 Å². The number of nitrogen functional groups attached to an aromatic ring is 1. The van der Waals surface area contributed by atoms with E-state index in [0.717, 1.165) is 11.8 Å². The van der Waals surface area contributed by atoms with Crippen LogP contribution in [0.5, 0.6) is 0 Å². The summed E-state index contributed by atoms with van der Waals surface area (Å²) in [6, 6.07) is 6.76. The van der Waals surface area contributed by atoms with Gasteiger partial charge in [-0.2, -0.15) is 0 Å². The number of alkyl halides is 1. The van der Waals surface area contributed by atoms with Crippen molar-refractivity contribution in [1.82, 2.24) is 14.6 Å². The molecule has 1 aliphatic heterocycles. The van der Waals surface area contributed by atoms with Crippen molar-refractivity contribution in [2.75, 3.05) is 19.0 Å². The quantitative estimate of drug-likeness (QED) is 0.228. The zero-order valence-electron chi connectivity index (χ0n) is 17.6. The minimum atomic E-state index is -3.19. The molecule has 0 saturated carbocycles. The fourth-order valence-electron chi connectivity index (χ4n) is 3.71. The van der Waals surface area contributed by atoms with Crippen molar-refractivity contribution in [1.29, 1.82) is 0 Å². The number of aliphatic hydroxyl groups is 4. The molecule has 2 aromatic rings. The van der Waals surface area contributed by atoms with E-state index in [-0.39, 0.29) is 10.6 Å². The van der Waals surface area contributed by atoms with Crippen LogP contribution in [0.2, 0.25) is 0 Å². The minimum absolute atomic E-state index is 0.0245. The lowest BCUT2D eigenvalue weighted by Gasteiger charge is -2.42. The molecule has 11 nitrogen and oxygen atoms in total. The predicted molar refractivity (Wildman–Crippen MR) is 109 cm³/mol. The Labute approximate surface area is 182 Å². The van der Waals surface area contributed by atoms with Gasteiger partial charge < -0.3 is 36.1 Å². The average Bonchev–Trinajstić information content (AvgIpc) is 2.96. The highest BCUT2D eigenvalue weighted by Gasteiger charge is 2.70. The van der Waals surface area contributed by atoms with Crippen LogP contribution in [0.15, 0.2) is 35.3 Å². The molecule has 0 radical (unpaired) electrons. The summed E-state index contributed by atoms with van der Waals surface area (Å²) in [7, 11) is 0. The molecule has 2 heterocycles. The highest BCUT2D eigenvalue weighted by atomic mass is 19.1. The number of ether oxygens (including phenoxy) is 1. The maximum absolute atomic E-state index is 13.3. The molecular weight excluding hydrogens is 427 g/mol. The lowest BCUT2D eigenvalue weighted by Crippen LogP contribution is -2.68. The third-order valence-electron chi connectivity index (χ3n) is 5.69. The van der Waals surface area contributed by atoms with Gasteiger partial charge in [0.15, 0.2) is 0 Å². The van der Waals surface area contributed by atoms with Gasteiger partial charge in [-0.05, 0) is 12.5 Å². The molecule has 1 unspecified atom stereocenters. The number of nitrogens with zero attached hydrogens (tertiary/aromatic N) is 3. The van der Waals surface area contributed by atoms with Crippen LogP contribution in [0.4, 0.5) is 10.2 Å². The third-order valence-corrected chi connectivity index (χ3v) is 5.69. The molecule has 0 spiro atoms. The second-order valence-corrected chi connectivity index (χ2v) is 7.93. The molecule has 7 N–H and O–H groups in total. The number of nitrogens with two attached hydrogens (primary N) is 1. The lowest BCUT2D eigenvalue weighted by atomic mass is 9.99. The SMILES string of the molecule is Cc1ccc(CN(O)[C@@]2(O)[C@H](O)[C@@H](CO)O[C@]2(O)n2c(N)c(C(C)CF)cnc2=O)cc1. The van der Waals surface area contributed by atoms with Crippen LogP contribution in [0.25, 0.3) is 0 Å². The number of anilines is 1.